The standard InChI is InChI=1S/C67H106O12/c1-4-7-10-13-16-19-22-25-27-29-30-32-34-37-40-43-46-49-52-55-61(70)78-65-63(72)62(71)64(66(73)74)79-67(65)76-57-58(77-60(69)54-51-48-45-42-39-35-24-21-18-15-12-9-6-3)56-75-59(68)53-50-47-44-41-38-36-33-31-28-26-23-20-17-14-11-8-5-2/h7,9-10,12,16-21,25-28,30,32,35,37,39-40,58,62-65,67,71-72H,4-6,8,11,13-15,22-24,29,31,33-34,36,38,41-57H2,1-3H3,(H,73,74)/b10-7-,12-9-,19-16-,20-17-,21-18-,27-25-,28-26-,32-30-,39-35-,40-37-. The molecule has 0 aromatic heterocycles. The lowest BCUT2D eigenvalue weighted by atomic mass is 9.98. The number of esters is 3. The van der Waals surface area contributed by atoms with Crippen molar-refractivity contribution in [3.8, 4) is 0 Å². The molecule has 1 heterocycles. The summed E-state index contributed by atoms with van der Waals surface area (Å²) in [4.78, 5) is 51.2. The number of hydrogen-bond donors (Lipinski definition) is 3. The average molecular weight is 1100 g/mol. The molecule has 0 amide bonds. The predicted molar refractivity (Wildman–Crippen MR) is 321 cm³/mol. The van der Waals surface area contributed by atoms with Gasteiger partial charge in [-0.3, -0.25) is 14.4 Å². The number of unbranched alkanes of at least 4 members (excludes halogenated alkanes) is 16. The Balaban J connectivity index is 2.72. The fourth-order valence-corrected chi connectivity index (χ4v) is 8.38. The van der Waals surface area contributed by atoms with Crippen LogP contribution in [0, 0.1) is 0 Å². The van der Waals surface area contributed by atoms with E-state index in [1.54, 1.807) is 0 Å². The van der Waals surface area contributed by atoms with Gasteiger partial charge in [0.25, 0.3) is 0 Å². The third kappa shape index (κ3) is 43.6. The molecule has 0 radical (unpaired) electrons. The van der Waals surface area contributed by atoms with Gasteiger partial charge in [0, 0.05) is 19.3 Å². The molecule has 1 aliphatic rings. The van der Waals surface area contributed by atoms with Gasteiger partial charge in [-0.1, -0.05) is 200 Å². The second-order valence-electron chi connectivity index (χ2n) is 20.2. The van der Waals surface area contributed by atoms with E-state index in [-0.39, 0.29) is 25.9 Å². The Kier molecular flexibility index (Phi) is 49.1. The topological polar surface area (TPSA) is 175 Å². The fourth-order valence-electron chi connectivity index (χ4n) is 8.38. The van der Waals surface area contributed by atoms with Crippen LogP contribution in [0.15, 0.2) is 122 Å². The van der Waals surface area contributed by atoms with Gasteiger partial charge < -0.3 is 39.0 Å². The second-order valence-corrected chi connectivity index (χ2v) is 20.2. The molecule has 446 valence electrons. The molecule has 1 aliphatic heterocycles. The van der Waals surface area contributed by atoms with E-state index in [0.717, 1.165) is 128 Å². The number of carboxylic acid groups (broad SMARTS) is 1. The number of allylic oxidation sites excluding steroid dienone is 20. The van der Waals surface area contributed by atoms with E-state index >= 15 is 0 Å². The third-order valence-electron chi connectivity index (χ3n) is 13.0. The molecular formula is C67H106O12. The van der Waals surface area contributed by atoms with Gasteiger partial charge >= 0.3 is 23.9 Å². The average Bonchev–Trinajstić information content (AvgIpc) is 3.46. The molecule has 12 nitrogen and oxygen atoms in total. The first-order valence-electron chi connectivity index (χ1n) is 30.5. The van der Waals surface area contributed by atoms with E-state index in [0.29, 0.717) is 19.3 Å². The fraction of sp³-hybridized carbons (Fsp3) is 0.642. The lowest BCUT2D eigenvalue weighted by Crippen LogP contribution is -2.61. The van der Waals surface area contributed by atoms with Crippen molar-refractivity contribution in [2.75, 3.05) is 13.2 Å². The second kappa shape index (κ2) is 53.7. The summed E-state index contributed by atoms with van der Waals surface area (Å²) in [6.45, 7) is 5.69. The van der Waals surface area contributed by atoms with Crippen molar-refractivity contribution >= 4 is 23.9 Å². The number of aliphatic carboxylic acids is 1. The van der Waals surface area contributed by atoms with Gasteiger partial charge in [-0.15, -0.1) is 0 Å². The number of hydrogen-bond acceptors (Lipinski definition) is 11. The minimum Gasteiger partial charge on any atom is -0.479 e. The minimum absolute atomic E-state index is 0.0106. The molecule has 12 heteroatoms. The highest BCUT2D eigenvalue weighted by Crippen LogP contribution is 2.26. The zero-order valence-electron chi connectivity index (χ0n) is 49.1. The van der Waals surface area contributed by atoms with Crippen LogP contribution in [0.25, 0.3) is 0 Å². The SMILES string of the molecule is CC/C=C\C/C=C\C/C=C\C/C=C\C/C=C\CCCCCC(=O)OC1C(OCC(COC(=O)CCCCCCCCC/C=C\C/C=C\CCCCC)OC(=O)CCCCC/C=C\C/C=C\C/C=C\CC)OC(C(=O)O)C(O)C1O. The Bertz CT molecular complexity index is 1840. The normalized spacial score (nSPS) is 18.7. The molecule has 3 N–H and O–H groups in total. The highest BCUT2D eigenvalue weighted by Gasteiger charge is 2.50. The monoisotopic (exact) mass is 1100 g/mol. The first kappa shape index (κ1) is 72.1. The van der Waals surface area contributed by atoms with Crippen LogP contribution in [0.4, 0.5) is 0 Å². The summed E-state index contributed by atoms with van der Waals surface area (Å²) < 4.78 is 28.4. The predicted octanol–water partition coefficient (Wildman–Crippen LogP) is 16.0. The maximum atomic E-state index is 13.1. The van der Waals surface area contributed by atoms with Crippen molar-refractivity contribution in [3.63, 3.8) is 0 Å². The van der Waals surface area contributed by atoms with Crippen LogP contribution < -0.4 is 0 Å². The molecular weight excluding hydrogens is 997 g/mol. The van der Waals surface area contributed by atoms with Gasteiger partial charge in [0.1, 0.15) is 18.8 Å². The molecule has 0 saturated carbocycles. The summed E-state index contributed by atoms with van der Waals surface area (Å²) in [7, 11) is 0. The molecule has 0 aliphatic carbocycles. The van der Waals surface area contributed by atoms with Crippen molar-refractivity contribution in [2.45, 2.75) is 263 Å². The van der Waals surface area contributed by atoms with E-state index in [1.807, 2.05) is 0 Å². The summed E-state index contributed by atoms with van der Waals surface area (Å²) >= 11 is 0. The number of aliphatic hydroxyl groups excluding tert-OH is 2. The number of rotatable bonds is 50. The van der Waals surface area contributed by atoms with Crippen molar-refractivity contribution in [2.24, 2.45) is 0 Å². The van der Waals surface area contributed by atoms with Crippen molar-refractivity contribution < 1.29 is 58.2 Å². The van der Waals surface area contributed by atoms with Crippen LogP contribution in [-0.2, 0) is 42.9 Å². The summed E-state index contributed by atoms with van der Waals surface area (Å²) in [5.41, 5.74) is 0. The molecule has 6 unspecified atom stereocenters. The Morgan fingerprint density at radius 1 is 0.430 bits per heavy atom. The Labute approximate surface area is 478 Å². The molecule has 0 bridgehead atoms. The maximum Gasteiger partial charge on any atom is 0.335 e. The van der Waals surface area contributed by atoms with Crippen LogP contribution >= 0.6 is 0 Å². The zero-order valence-corrected chi connectivity index (χ0v) is 49.1. The van der Waals surface area contributed by atoms with Gasteiger partial charge in [0.15, 0.2) is 24.6 Å². The first-order chi connectivity index (χ1) is 38.6. The van der Waals surface area contributed by atoms with Crippen LogP contribution in [0.2, 0.25) is 0 Å². The quantitative estimate of drug-likeness (QED) is 0.0228. The van der Waals surface area contributed by atoms with Crippen LogP contribution in [0.5, 0.6) is 0 Å². The summed E-state index contributed by atoms with van der Waals surface area (Å²) in [6.07, 6.45) is 61.6. The zero-order chi connectivity index (χ0) is 57.5. The Morgan fingerprint density at radius 2 is 0.797 bits per heavy atom. The number of aliphatic hydroxyl groups is 2. The summed E-state index contributed by atoms with van der Waals surface area (Å²) in [5.74, 6) is -3.23. The van der Waals surface area contributed by atoms with Crippen LogP contribution in [-0.4, -0.2) is 89.2 Å². The molecule has 6 atom stereocenters. The number of ether oxygens (including phenoxy) is 5. The highest BCUT2D eigenvalue weighted by atomic mass is 16.7. The smallest absolute Gasteiger partial charge is 0.335 e. The van der Waals surface area contributed by atoms with E-state index in [4.69, 9.17) is 23.7 Å². The Morgan fingerprint density at radius 3 is 1.23 bits per heavy atom. The van der Waals surface area contributed by atoms with E-state index in [2.05, 4.69) is 142 Å². The largest absolute Gasteiger partial charge is 0.479 e. The van der Waals surface area contributed by atoms with Crippen molar-refractivity contribution in [3.05, 3.63) is 122 Å². The first-order valence-corrected chi connectivity index (χ1v) is 30.5. The lowest BCUT2D eigenvalue weighted by Gasteiger charge is -2.40. The molecule has 1 fully saturated rings. The molecule has 1 rings (SSSR count). The van der Waals surface area contributed by atoms with Gasteiger partial charge in [0.05, 0.1) is 6.61 Å². The van der Waals surface area contributed by atoms with E-state index < -0.39 is 67.3 Å². The molecule has 0 aromatic rings. The number of carboxylic acids is 1. The molecule has 0 aromatic carbocycles. The molecule has 0 spiro atoms. The van der Waals surface area contributed by atoms with Gasteiger partial charge in [-0.25, -0.2) is 4.79 Å². The minimum atomic E-state index is -1.93. The highest BCUT2D eigenvalue weighted by molar-refractivity contribution is 5.74. The summed E-state index contributed by atoms with van der Waals surface area (Å²) in [6, 6.07) is 0. The van der Waals surface area contributed by atoms with Crippen LogP contribution in [0.1, 0.15) is 226 Å². The van der Waals surface area contributed by atoms with Gasteiger partial charge in [-0.2, -0.15) is 0 Å². The van der Waals surface area contributed by atoms with Crippen molar-refractivity contribution in [1.29, 1.82) is 0 Å². The number of carbonyl (C=O) groups is 4. The maximum absolute atomic E-state index is 13.1. The third-order valence-corrected chi connectivity index (χ3v) is 13.0. The molecule has 1 saturated heterocycles. The summed E-state index contributed by atoms with van der Waals surface area (Å²) in [5, 5.41) is 31.5. The van der Waals surface area contributed by atoms with E-state index in [9.17, 15) is 34.5 Å². The van der Waals surface area contributed by atoms with E-state index in [1.165, 1.54) is 38.5 Å². The van der Waals surface area contributed by atoms with Crippen LogP contribution in [0.3, 0.4) is 0 Å². The Hall–Kier alpha value is -4.88. The van der Waals surface area contributed by atoms with Gasteiger partial charge in [-0.05, 0) is 128 Å². The number of carbonyl (C=O) groups excluding carboxylic acids is 3. The lowest BCUT2D eigenvalue weighted by molar-refractivity contribution is -0.301. The molecule has 79 heavy (non-hydrogen) atoms. The van der Waals surface area contributed by atoms with Gasteiger partial charge in [0.2, 0.25) is 0 Å². The van der Waals surface area contributed by atoms with Crippen molar-refractivity contribution in [1.82, 2.24) is 0 Å².